The maximum Gasteiger partial charge on any atom is 0.255 e. The number of amides is 1. The van der Waals surface area contributed by atoms with E-state index in [-0.39, 0.29) is 15.8 Å². The first-order chi connectivity index (χ1) is 9.40. The molecule has 0 saturated heterocycles. The normalized spacial score (nSPS) is 10.4. The lowest BCUT2D eigenvalue weighted by Gasteiger charge is -2.09. The van der Waals surface area contributed by atoms with Gasteiger partial charge in [0, 0.05) is 10.0 Å². The fourth-order valence-electron chi connectivity index (χ4n) is 1.47. The van der Waals surface area contributed by atoms with Gasteiger partial charge in [-0.1, -0.05) is 34.8 Å². The van der Waals surface area contributed by atoms with Gasteiger partial charge in [-0.25, -0.2) is 0 Å². The minimum atomic E-state index is -0.410. The topological polar surface area (TPSA) is 49.3 Å². The van der Waals surface area contributed by atoms with E-state index in [9.17, 15) is 9.90 Å². The Balaban J connectivity index is 2.28. The number of hydrogen-bond acceptors (Lipinski definition) is 2. The SMILES string of the molecule is O=C(Nc1ccc(Br)c(Cl)c1Cl)c1ccc(O)c(Cl)c1. The molecule has 0 spiro atoms. The molecule has 0 aliphatic heterocycles. The van der Waals surface area contributed by atoms with Crippen LogP contribution in [0, 0.1) is 0 Å². The van der Waals surface area contributed by atoms with Crippen LogP contribution in [-0.4, -0.2) is 11.0 Å². The van der Waals surface area contributed by atoms with E-state index in [1.165, 1.54) is 18.2 Å². The van der Waals surface area contributed by atoms with Gasteiger partial charge in [0.25, 0.3) is 5.91 Å². The summed E-state index contributed by atoms with van der Waals surface area (Å²) >= 11 is 21.0. The van der Waals surface area contributed by atoms with Gasteiger partial charge >= 0.3 is 0 Å². The first kappa shape index (κ1) is 15.4. The number of phenols is 1. The molecule has 2 aromatic rings. The summed E-state index contributed by atoms with van der Waals surface area (Å²) in [5.41, 5.74) is 0.678. The molecule has 0 aliphatic rings. The van der Waals surface area contributed by atoms with Crippen LogP contribution in [0.1, 0.15) is 10.4 Å². The van der Waals surface area contributed by atoms with Crippen LogP contribution in [0.25, 0.3) is 0 Å². The van der Waals surface area contributed by atoms with Crippen LogP contribution in [0.4, 0.5) is 5.69 Å². The van der Waals surface area contributed by atoms with Gasteiger partial charge in [0.2, 0.25) is 0 Å². The van der Waals surface area contributed by atoms with Crippen LogP contribution < -0.4 is 5.32 Å². The lowest BCUT2D eigenvalue weighted by Crippen LogP contribution is -2.12. The van der Waals surface area contributed by atoms with E-state index < -0.39 is 5.91 Å². The number of nitrogens with one attached hydrogen (secondary N) is 1. The highest BCUT2D eigenvalue weighted by atomic mass is 79.9. The van der Waals surface area contributed by atoms with E-state index in [0.717, 1.165) is 0 Å². The van der Waals surface area contributed by atoms with E-state index in [1.54, 1.807) is 12.1 Å². The second-order valence-corrected chi connectivity index (χ2v) is 5.86. The van der Waals surface area contributed by atoms with Crippen molar-refractivity contribution in [1.82, 2.24) is 0 Å². The number of anilines is 1. The van der Waals surface area contributed by atoms with E-state index in [0.29, 0.717) is 20.7 Å². The molecule has 0 unspecified atom stereocenters. The van der Waals surface area contributed by atoms with E-state index in [1.807, 2.05) is 0 Å². The monoisotopic (exact) mass is 393 g/mol. The lowest BCUT2D eigenvalue weighted by atomic mass is 10.2. The van der Waals surface area contributed by atoms with Gasteiger partial charge in [-0.15, -0.1) is 0 Å². The predicted molar refractivity (Wildman–Crippen MR) is 85.2 cm³/mol. The molecule has 0 aliphatic carbocycles. The molecule has 2 N–H and O–H groups in total. The van der Waals surface area contributed by atoms with Crippen LogP contribution in [-0.2, 0) is 0 Å². The second-order valence-electron chi connectivity index (χ2n) is 3.84. The average molecular weight is 395 g/mol. The highest BCUT2D eigenvalue weighted by Gasteiger charge is 2.13. The van der Waals surface area contributed by atoms with Crippen molar-refractivity contribution in [3.63, 3.8) is 0 Å². The fraction of sp³-hybridized carbons (Fsp3) is 0. The van der Waals surface area contributed by atoms with Gasteiger partial charge in [-0.05, 0) is 46.3 Å². The molecule has 0 bridgehead atoms. The minimum Gasteiger partial charge on any atom is -0.506 e. The fourth-order valence-corrected chi connectivity index (χ4v) is 2.47. The summed E-state index contributed by atoms with van der Waals surface area (Å²) in [7, 11) is 0. The molecule has 104 valence electrons. The summed E-state index contributed by atoms with van der Waals surface area (Å²) in [4.78, 5) is 12.1. The van der Waals surface area contributed by atoms with Gasteiger partial charge in [-0.2, -0.15) is 0 Å². The Bertz CT molecular complexity index is 692. The average Bonchev–Trinajstić information content (AvgIpc) is 2.42. The summed E-state index contributed by atoms with van der Waals surface area (Å²) in [6.07, 6.45) is 0. The van der Waals surface area contributed by atoms with Gasteiger partial charge < -0.3 is 10.4 Å². The molecule has 20 heavy (non-hydrogen) atoms. The van der Waals surface area contributed by atoms with Crippen molar-refractivity contribution in [3.05, 3.63) is 55.4 Å². The maximum atomic E-state index is 12.1. The first-order valence-electron chi connectivity index (χ1n) is 5.33. The Morgan fingerprint density at radius 2 is 1.80 bits per heavy atom. The van der Waals surface area contributed by atoms with Crippen molar-refractivity contribution in [3.8, 4) is 5.75 Å². The van der Waals surface area contributed by atoms with Gasteiger partial charge in [0.05, 0.1) is 20.8 Å². The Kier molecular flexibility index (Phi) is 4.81. The quantitative estimate of drug-likeness (QED) is 0.672. The van der Waals surface area contributed by atoms with Gasteiger partial charge in [0.15, 0.2) is 0 Å². The second kappa shape index (κ2) is 6.22. The van der Waals surface area contributed by atoms with Crippen LogP contribution in [0.5, 0.6) is 5.75 Å². The lowest BCUT2D eigenvalue weighted by molar-refractivity contribution is 0.102. The third kappa shape index (κ3) is 3.20. The summed E-state index contributed by atoms with van der Waals surface area (Å²) in [5, 5.41) is 12.6. The third-order valence-electron chi connectivity index (χ3n) is 2.49. The van der Waals surface area contributed by atoms with Crippen molar-refractivity contribution in [1.29, 1.82) is 0 Å². The molecule has 3 nitrogen and oxygen atoms in total. The van der Waals surface area contributed by atoms with E-state index in [2.05, 4.69) is 21.2 Å². The van der Waals surface area contributed by atoms with Gasteiger partial charge in [0.1, 0.15) is 5.75 Å². The number of rotatable bonds is 2. The Morgan fingerprint density at radius 3 is 2.45 bits per heavy atom. The van der Waals surface area contributed by atoms with Crippen molar-refractivity contribution in [2.24, 2.45) is 0 Å². The zero-order valence-electron chi connectivity index (χ0n) is 9.75. The number of aromatic hydroxyl groups is 1. The molecular formula is C13H7BrCl3NO2. The predicted octanol–water partition coefficient (Wildman–Crippen LogP) is 5.37. The van der Waals surface area contributed by atoms with Crippen LogP contribution >= 0.6 is 50.7 Å². The smallest absolute Gasteiger partial charge is 0.255 e. The largest absolute Gasteiger partial charge is 0.506 e. The molecule has 0 atom stereocenters. The summed E-state index contributed by atoms with van der Waals surface area (Å²) in [6, 6.07) is 7.45. The zero-order valence-corrected chi connectivity index (χ0v) is 13.6. The molecule has 0 radical (unpaired) electrons. The Hall–Kier alpha value is -0.940. The van der Waals surface area contributed by atoms with E-state index in [4.69, 9.17) is 34.8 Å². The van der Waals surface area contributed by atoms with Crippen LogP contribution in [0.2, 0.25) is 15.1 Å². The van der Waals surface area contributed by atoms with E-state index >= 15 is 0 Å². The van der Waals surface area contributed by atoms with Gasteiger partial charge in [-0.3, -0.25) is 4.79 Å². The Labute approximate surface area is 138 Å². The van der Waals surface area contributed by atoms with Crippen molar-refractivity contribution >= 4 is 62.3 Å². The molecule has 0 fully saturated rings. The number of carbonyl (C=O) groups is 1. The maximum absolute atomic E-state index is 12.1. The molecule has 2 rings (SSSR count). The number of benzene rings is 2. The summed E-state index contributed by atoms with van der Waals surface area (Å²) < 4.78 is 0.634. The number of halogens is 4. The molecule has 1 amide bonds. The van der Waals surface area contributed by atoms with Crippen molar-refractivity contribution < 1.29 is 9.90 Å². The molecule has 0 saturated carbocycles. The molecule has 0 heterocycles. The summed E-state index contributed by atoms with van der Waals surface area (Å²) in [5.74, 6) is -0.500. The summed E-state index contributed by atoms with van der Waals surface area (Å²) in [6.45, 7) is 0. The number of hydrogen-bond donors (Lipinski definition) is 2. The third-order valence-corrected chi connectivity index (χ3v) is 4.57. The zero-order chi connectivity index (χ0) is 14.9. The van der Waals surface area contributed by atoms with Crippen LogP contribution in [0.15, 0.2) is 34.8 Å². The molecular weight excluding hydrogens is 388 g/mol. The molecule has 0 aromatic heterocycles. The standard InChI is InChI=1S/C13H7BrCl3NO2/c14-7-2-3-9(12(17)11(7)16)18-13(20)6-1-4-10(19)8(15)5-6/h1-5,19H,(H,18,20). The number of carbonyl (C=O) groups excluding carboxylic acids is 1. The van der Waals surface area contributed by atoms with Crippen molar-refractivity contribution in [2.45, 2.75) is 0 Å². The minimum absolute atomic E-state index is 0.0899. The highest BCUT2D eigenvalue weighted by molar-refractivity contribution is 9.10. The molecule has 7 heteroatoms. The number of phenolic OH excluding ortho intramolecular Hbond substituents is 1. The van der Waals surface area contributed by atoms with Crippen molar-refractivity contribution in [2.75, 3.05) is 5.32 Å². The molecule has 2 aromatic carbocycles. The van der Waals surface area contributed by atoms with Crippen LogP contribution in [0.3, 0.4) is 0 Å². The highest BCUT2D eigenvalue weighted by Crippen LogP contribution is 2.36. The Morgan fingerprint density at radius 1 is 1.10 bits per heavy atom. The first-order valence-corrected chi connectivity index (χ1v) is 7.26.